The van der Waals surface area contributed by atoms with Crippen molar-refractivity contribution in [3.8, 4) is 22.6 Å². The van der Waals surface area contributed by atoms with E-state index in [1.165, 1.54) is 6.26 Å². The normalized spacial score (nSPS) is 13.6. The van der Waals surface area contributed by atoms with Crippen molar-refractivity contribution >= 4 is 11.0 Å². The standard InChI is InChI=1S/C24H20N2O4/c1-28-21-8-3-2-7-17(21)20-14-29-24-18(23(20)27)9-10-22-19(24)13-26(15-30-22)12-16-6-4-5-11-25-16/h2-11,14H,12-13,15H2,1H3. The summed E-state index contributed by atoms with van der Waals surface area (Å²) >= 11 is 0. The molecule has 1 aliphatic heterocycles. The molecular formula is C24H20N2O4. The summed E-state index contributed by atoms with van der Waals surface area (Å²) in [5.74, 6) is 1.37. The number of rotatable bonds is 4. The third-order valence-electron chi connectivity index (χ3n) is 5.29. The lowest BCUT2D eigenvalue weighted by Crippen LogP contribution is -2.32. The molecule has 3 heterocycles. The van der Waals surface area contributed by atoms with Crippen LogP contribution in [0.15, 0.2) is 76.3 Å². The number of fused-ring (bicyclic) bond motifs is 3. The van der Waals surface area contributed by atoms with Crippen molar-refractivity contribution in [2.24, 2.45) is 0 Å². The van der Waals surface area contributed by atoms with Crippen LogP contribution in [0.4, 0.5) is 0 Å². The van der Waals surface area contributed by atoms with E-state index < -0.39 is 0 Å². The van der Waals surface area contributed by atoms with Gasteiger partial charge in [0.15, 0.2) is 0 Å². The van der Waals surface area contributed by atoms with Crippen molar-refractivity contribution in [3.05, 3.63) is 88.5 Å². The number of ether oxygens (including phenoxy) is 2. The van der Waals surface area contributed by atoms with Gasteiger partial charge in [0.25, 0.3) is 0 Å². The summed E-state index contributed by atoms with van der Waals surface area (Å²) in [6, 6.07) is 16.9. The van der Waals surface area contributed by atoms with Gasteiger partial charge in [-0.3, -0.25) is 14.7 Å². The average Bonchev–Trinajstić information content (AvgIpc) is 2.80. The summed E-state index contributed by atoms with van der Waals surface area (Å²) in [6.45, 7) is 1.72. The molecule has 0 saturated heterocycles. The van der Waals surface area contributed by atoms with Crippen LogP contribution < -0.4 is 14.9 Å². The Labute approximate surface area is 173 Å². The molecule has 0 bridgehead atoms. The predicted molar refractivity (Wildman–Crippen MR) is 113 cm³/mol. The molecule has 0 radical (unpaired) electrons. The molecule has 0 atom stereocenters. The molecule has 0 unspecified atom stereocenters. The fourth-order valence-electron chi connectivity index (χ4n) is 3.83. The lowest BCUT2D eigenvalue weighted by molar-refractivity contribution is 0.0879. The number of methoxy groups -OCH3 is 1. The molecule has 5 rings (SSSR count). The van der Waals surface area contributed by atoms with E-state index in [1.54, 1.807) is 19.4 Å². The van der Waals surface area contributed by atoms with Crippen molar-refractivity contribution in [1.29, 1.82) is 0 Å². The van der Waals surface area contributed by atoms with E-state index in [0.29, 0.717) is 47.7 Å². The van der Waals surface area contributed by atoms with Gasteiger partial charge in [0.1, 0.15) is 30.1 Å². The zero-order chi connectivity index (χ0) is 20.5. The van der Waals surface area contributed by atoms with Gasteiger partial charge in [0, 0.05) is 24.8 Å². The Morgan fingerprint density at radius 2 is 1.93 bits per heavy atom. The fourth-order valence-corrected chi connectivity index (χ4v) is 3.83. The zero-order valence-corrected chi connectivity index (χ0v) is 16.5. The van der Waals surface area contributed by atoms with Crippen LogP contribution in [0.3, 0.4) is 0 Å². The second-order valence-electron chi connectivity index (χ2n) is 7.18. The number of nitrogens with zero attached hydrogens (tertiary/aromatic N) is 2. The minimum Gasteiger partial charge on any atom is -0.496 e. The van der Waals surface area contributed by atoms with Gasteiger partial charge in [-0.2, -0.15) is 0 Å². The molecule has 0 saturated carbocycles. The number of pyridine rings is 1. The SMILES string of the molecule is COc1ccccc1-c1coc2c3c(ccc2c1=O)OCN(Cc1ccccn1)C3. The van der Waals surface area contributed by atoms with E-state index in [-0.39, 0.29) is 5.43 Å². The summed E-state index contributed by atoms with van der Waals surface area (Å²) in [5, 5.41) is 0.528. The lowest BCUT2D eigenvalue weighted by atomic mass is 10.0. The van der Waals surface area contributed by atoms with Gasteiger partial charge in [-0.1, -0.05) is 24.3 Å². The van der Waals surface area contributed by atoms with Crippen LogP contribution >= 0.6 is 0 Å². The zero-order valence-electron chi connectivity index (χ0n) is 16.5. The van der Waals surface area contributed by atoms with Gasteiger partial charge in [0.2, 0.25) is 5.43 Å². The van der Waals surface area contributed by atoms with Gasteiger partial charge in [-0.15, -0.1) is 0 Å². The van der Waals surface area contributed by atoms with Gasteiger partial charge in [-0.25, -0.2) is 0 Å². The maximum absolute atomic E-state index is 13.3. The molecule has 4 aromatic rings. The van der Waals surface area contributed by atoms with Crippen LogP contribution in [0.2, 0.25) is 0 Å². The highest BCUT2D eigenvalue weighted by molar-refractivity contribution is 5.86. The predicted octanol–water partition coefficient (Wildman–Crippen LogP) is 4.22. The minimum atomic E-state index is -0.0922. The van der Waals surface area contributed by atoms with Gasteiger partial charge in [-0.05, 0) is 30.3 Å². The molecule has 2 aromatic carbocycles. The number of hydrogen-bond donors (Lipinski definition) is 0. The molecule has 0 fully saturated rings. The highest BCUT2D eigenvalue weighted by atomic mass is 16.5. The van der Waals surface area contributed by atoms with Crippen LogP contribution in [0.5, 0.6) is 11.5 Å². The average molecular weight is 400 g/mol. The highest BCUT2D eigenvalue weighted by Crippen LogP contribution is 2.34. The first kappa shape index (κ1) is 18.4. The first-order valence-electron chi connectivity index (χ1n) is 9.70. The molecule has 30 heavy (non-hydrogen) atoms. The Morgan fingerprint density at radius 3 is 2.77 bits per heavy atom. The van der Waals surface area contributed by atoms with E-state index in [2.05, 4.69) is 9.88 Å². The van der Waals surface area contributed by atoms with Gasteiger partial charge in [0.05, 0.1) is 29.3 Å². The van der Waals surface area contributed by atoms with Crippen LogP contribution in [0.25, 0.3) is 22.1 Å². The Kier molecular flexibility index (Phi) is 4.69. The topological polar surface area (TPSA) is 64.8 Å². The molecule has 0 aliphatic carbocycles. The fraction of sp³-hybridized carbons (Fsp3) is 0.167. The van der Waals surface area contributed by atoms with E-state index in [4.69, 9.17) is 13.9 Å². The number of aromatic nitrogens is 1. The van der Waals surface area contributed by atoms with Crippen molar-refractivity contribution in [2.75, 3.05) is 13.8 Å². The Balaban J connectivity index is 1.55. The van der Waals surface area contributed by atoms with Crippen molar-refractivity contribution in [3.63, 3.8) is 0 Å². The van der Waals surface area contributed by atoms with Crippen LogP contribution in [0, 0.1) is 0 Å². The summed E-state index contributed by atoms with van der Waals surface area (Å²) in [6.07, 6.45) is 3.29. The van der Waals surface area contributed by atoms with E-state index >= 15 is 0 Å². The largest absolute Gasteiger partial charge is 0.496 e. The second kappa shape index (κ2) is 7.65. The molecule has 150 valence electrons. The first-order chi connectivity index (χ1) is 14.7. The molecule has 0 amide bonds. The maximum atomic E-state index is 13.3. The molecule has 6 nitrogen and oxygen atoms in total. The maximum Gasteiger partial charge on any atom is 0.200 e. The van der Waals surface area contributed by atoms with Crippen molar-refractivity contribution < 1.29 is 13.9 Å². The van der Waals surface area contributed by atoms with Crippen LogP contribution in [-0.4, -0.2) is 23.7 Å². The molecule has 1 aliphatic rings. The minimum absolute atomic E-state index is 0.0922. The molecule has 2 aromatic heterocycles. The summed E-state index contributed by atoms with van der Waals surface area (Å²) in [5.41, 5.74) is 3.48. The van der Waals surface area contributed by atoms with Gasteiger partial charge < -0.3 is 13.9 Å². The van der Waals surface area contributed by atoms with Gasteiger partial charge >= 0.3 is 0 Å². The monoisotopic (exact) mass is 400 g/mol. The Hall–Kier alpha value is -3.64. The Bertz CT molecular complexity index is 1270. The summed E-state index contributed by atoms with van der Waals surface area (Å²) < 4.78 is 17.3. The molecule has 6 heteroatoms. The molecule has 0 spiro atoms. The summed E-state index contributed by atoms with van der Waals surface area (Å²) in [4.78, 5) is 19.8. The Morgan fingerprint density at radius 1 is 1.07 bits per heavy atom. The first-order valence-corrected chi connectivity index (χ1v) is 9.70. The van der Waals surface area contributed by atoms with Crippen LogP contribution in [-0.2, 0) is 13.1 Å². The van der Waals surface area contributed by atoms with E-state index in [9.17, 15) is 4.79 Å². The number of benzene rings is 2. The van der Waals surface area contributed by atoms with Crippen LogP contribution in [0.1, 0.15) is 11.3 Å². The number of para-hydroxylation sites is 1. The second-order valence-corrected chi connectivity index (χ2v) is 7.18. The quantitative estimate of drug-likeness (QED) is 0.511. The highest BCUT2D eigenvalue weighted by Gasteiger charge is 2.23. The molecular weight excluding hydrogens is 380 g/mol. The van der Waals surface area contributed by atoms with E-state index in [1.807, 2.05) is 48.5 Å². The van der Waals surface area contributed by atoms with E-state index in [0.717, 1.165) is 17.0 Å². The third-order valence-corrected chi connectivity index (χ3v) is 5.29. The lowest BCUT2D eigenvalue weighted by Gasteiger charge is -2.29. The third kappa shape index (κ3) is 3.21. The summed E-state index contributed by atoms with van der Waals surface area (Å²) in [7, 11) is 1.59. The van der Waals surface area contributed by atoms with Crippen molar-refractivity contribution in [2.45, 2.75) is 13.1 Å². The molecule has 0 N–H and O–H groups in total. The van der Waals surface area contributed by atoms with Crippen molar-refractivity contribution in [1.82, 2.24) is 9.88 Å². The smallest absolute Gasteiger partial charge is 0.200 e. The number of hydrogen-bond acceptors (Lipinski definition) is 6.